The normalized spacial score (nSPS) is 14.2. The fourth-order valence-electron chi connectivity index (χ4n) is 2.48. The molecule has 0 saturated carbocycles. The van der Waals surface area contributed by atoms with Crippen LogP contribution in [0.2, 0.25) is 0 Å². The molecular weight excluding hydrogens is 278 g/mol. The number of carbonyl (C=O) groups is 1. The van der Waals surface area contributed by atoms with Crippen LogP contribution in [0.3, 0.4) is 0 Å². The first kappa shape index (κ1) is 14.6. The standard InChI is InChI=1S/C18H19NO3/c1-10(2)21-17-15-13(16(20)18(17)22-11(3)4)9-12-7-5-6-8-14(12)19-15/h5-11H,1-4H3. The minimum atomic E-state index is -0.155. The fourth-order valence-corrected chi connectivity index (χ4v) is 2.48. The van der Waals surface area contributed by atoms with E-state index >= 15 is 0 Å². The highest BCUT2D eigenvalue weighted by atomic mass is 16.5. The number of para-hydroxylation sites is 1. The summed E-state index contributed by atoms with van der Waals surface area (Å²) in [6.07, 6.45) is -0.166. The Morgan fingerprint density at radius 3 is 2.27 bits per heavy atom. The number of ketones is 1. The third-order valence-electron chi connectivity index (χ3n) is 3.30. The molecule has 0 saturated heterocycles. The van der Waals surface area contributed by atoms with Gasteiger partial charge in [0.2, 0.25) is 11.5 Å². The molecule has 22 heavy (non-hydrogen) atoms. The predicted molar refractivity (Wildman–Crippen MR) is 85.4 cm³/mol. The Labute approximate surface area is 129 Å². The monoisotopic (exact) mass is 297 g/mol. The van der Waals surface area contributed by atoms with E-state index in [1.807, 2.05) is 58.0 Å². The molecule has 0 amide bonds. The molecular formula is C18H19NO3. The van der Waals surface area contributed by atoms with Gasteiger partial charge < -0.3 is 9.47 Å². The van der Waals surface area contributed by atoms with Crippen molar-refractivity contribution < 1.29 is 14.3 Å². The molecule has 4 heteroatoms. The van der Waals surface area contributed by atoms with E-state index in [9.17, 15) is 4.79 Å². The second-order valence-electron chi connectivity index (χ2n) is 5.90. The summed E-state index contributed by atoms with van der Waals surface area (Å²) in [5, 5.41) is 0.935. The van der Waals surface area contributed by atoms with Gasteiger partial charge in [0, 0.05) is 5.39 Å². The molecule has 2 aromatic rings. The number of nitrogens with zero attached hydrogens (tertiary/aromatic N) is 1. The van der Waals surface area contributed by atoms with Gasteiger partial charge in [0.1, 0.15) is 5.69 Å². The number of carbonyl (C=O) groups excluding carboxylic acids is 1. The smallest absolute Gasteiger partial charge is 0.233 e. The van der Waals surface area contributed by atoms with Gasteiger partial charge >= 0.3 is 0 Å². The van der Waals surface area contributed by atoms with Crippen LogP contribution in [-0.4, -0.2) is 23.0 Å². The lowest BCUT2D eigenvalue weighted by Gasteiger charge is -2.15. The number of pyridine rings is 1. The van der Waals surface area contributed by atoms with Crippen LogP contribution < -0.4 is 0 Å². The van der Waals surface area contributed by atoms with Gasteiger partial charge in [-0.05, 0) is 39.8 Å². The quantitative estimate of drug-likeness (QED) is 0.857. The number of rotatable bonds is 4. The maximum Gasteiger partial charge on any atom is 0.233 e. The van der Waals surface area contributed by atoms with E-state index < -0.39 is 0 Å². The number of benzene rings is 1. The van der Waals surface area contributed by atoms with Crippen LogP contribution in [-0.2, 0) is 9.47 Å². The minimum Gasteiger partial charge on any atom is -0.485 e. The summed E-state index contributed by atoms with van der Waals surface area (Å²) >= 11 is 0. The van der Waals surface area contributed by atoms with Crippen molar-refractivity contribution >= 4 is 22.4 Å². The van der Waals surface area contributed by atoms with Gasteiger partial charge in [-0.25, -0.2) is 4.98 Å². The number of hydrogen-bond acceptors (Lipinski definition) is 4. The zero-order valence-electron chi connectivity index (χ0n) is 13.2. The third-order valence-corrected chi connectivity index (χ3v) is 3.30. The Bertz CT molecular complexity index is 775. The maximum atomic E-state index is 12.7. The summed E-state index contributed by atoms with van der Waals surface area (Å²) in [6, 6.07) is 9.59. The summed E-state index contributed by atoms with van der Waals surface area (Å²) in [6.45, 7) is 7.62. The van der Waals surface area contributed by atoms with E-state index in [1.54, 1.807) is 0 Å². The van der Waals surface area contributed by atoms with E-state index in [-0.39, 0.29) is 23.8 Å². The molecule has 114 valence electrons. The van der Waals surface area contributed by atoms with E-state index in [2.05, 4.69) is 4.98 Å². The number of Topliss-reactive ketones (excluding diaryl/α,β-unsaturated/α-hetero) is 1. The van der Waals surface area contributed by atoms with Crippen LogP contribution in [0.1, 0.15) is 43.7 Å². The number of hydrogen-bond donors (Lipinski definition) is 0. The Balaban J connectivity index is 2.18. The number of ether oxygens (including phenoxy) is 2. The molecule has 1 aliphatic carbocycles. The van der Waals surface area contributed by atoms with Crippen LogP contribution in [0.5, 0.6) is 0 Å². The molecule has 1 aliphatic rings. The first-order valence-corrected chi connectivity index (χ1v) is 7.50. The number of allylic oxidation sites excluding steroid dienone is 1. The largest absolute Gasteiger partial charge is 0.485 e. The SMILES string of the molecule is CC(C)OC1=C(OC(C)C)c2nc3ccccc3cc2C1=O. The lowest BCUT2D eigenvalue weighted by atomic mass is 10.1. The second kappa shape index (κ2) is 5.44. The Kier molecular flexibility index (Phi) is 3.61. The molecule has 0 radical (unpaired) electrons. The average Bonchev–Trinajstić information content (AvgIpc) is 2.70. The van der Waals surface area contributed by atoms with Crippen molar-refractivity contribution in [3.63, 3.8) is 0 Å². The molecule has 0 aliphatic heterocycles. The van der Waals surface area contributed by atoms with E-state index in [0.29, 0.717) is 17.0 Å². The summed E-state index contributed by atoms with van der Waals surface area (Å²) in [5.41, 5.74) is 1.96. The second-order valence-corrected chi connectivity index (χ2v) is 5.90. The van der Waals surface area contributed by atoms with E-state index in [1.165, 1.54) is 0 Å². The van der Waals surface area contributed by atoms with Crippen LogP contribution in [0.4, 0.5) is 0 Å². The zero-order chi connectivity index (χ0) is 15.9. The van der Waals surface area contributed by atoms with Gasteiger partial charge in [-0.15, -0.1) is 0 Å². The van der Waals surface area contributed by atoms with Gasteiger partial charge in [-0.2, -0.15) is 0 Å². The van der Waals surface area contributed by atoms with Crippen LogP contribution in [0, 0.1) is 0 Å². The van der Waals surface area contributed by atoms with Crippen molar-refractivity contribution in [1.82, 2.24) is 4.98 Å². The van der Waals surface area contributed by atoms with Crippen molar-refractivity contribution in [3.8, 4) is 0 Å². The molecule has 0 spiro atoms. The molecule has 1 aromatic carbocycles. The fraction of sp³-hybridized carbons (Fsp3) is 0.333. The molecule has 0 bridgehead atoms. The lowest BCUT2D eigenvalue weighted by Crippen LogP contribution is -2.10. The zero-order valence-corrected chi connectivity index (χ0v) is 13.2. The van der Waals surface area contributed by atoms with Gasteiger partial charge in [0.15, 0.2) is 5.76 Å². The molecule has 0 atom stereocenters. The molecule has 0 fully saturated rings. The van der Waals surface area contributed by atoms with Gasteiger partial charge in [-0.1, -0.05) is 18.2 Å². The molecule has 4 nitrogen and oxygen atoms in total. The first-order chi connectivity index (χ1) is 10.5. The Morgan fingerprint density at radius 1 is 0.955 bits per heavy atom. The highest BCUT2D eigenvalue weighted by Gasteiger charge is 2.35. The van der Waals surface area contributed by atoms with Gasteiger partial charge in [0.05, 0.1) is 23.3 Å². The van der Waals surface area contributed by atoms with Crippen LogP contribution in [0.25, 0.3) is 16.7 Å². The van der Waals surface area contributed by atoms with Crippen LogP contribution in [0.15, 0.2) is 36.1 Å². The molecule has 0 unspecified atom stereocenters. The highest BCUT2D eigenvalue weighted by molar-refractivity contribution is 6.19. The minimum absolute atomic E-state index is 0.0622. The molecule has 1 heterocycles. The predicted octanol–water partition coefficient (Wildman–Crippen LogP) is 3.95. The Hall–Kier alpha value is -2.36. The average molecular weight is 297 g/mol. The van der Waals surface area contributed by atoms with Crippen molar-refractivity contribution in [2.24, 2.45) is 0 Å². The van der Waals surface area contributed by atoms with E-state index in [4.69, 9.17) is 9.47 Å². The molecule has 1 aromatic heterocycles. The van der Waals surface area contributed by atoms with Crippen molar-refractivity contribution in [2.75, 3.05) is 0 Å². The Morgan fingerprint density at radius 2 is 1.59 bits per heavy atom. The maximum absolute atomic E-state index is 12.7. The van der Waals surface area contributed by atoms with Gasteiger partial charge in [-0.3, -0.25) is 4.79 Å². The summed E-state index contributed by atoms with van der Waals surface area (Å²) in [4.78, 5) is 17.3. The highest BCUT2D eigenvalue weighted by Crippen LogP contribution is 2.36. The molecule has 0 N–H and O–H groups in total. The lowest BCUT2D eigenvalue weighted by molar-refractivity contribution is 0.0824. The molecule has 3 rings (SSSR count). The number of fused-ring (bicyclic) bond motifs is 2. The third kappa shape index (κ3) is 2.45. The summed E-state index contributed by atoms with van der Waals surface area (Å²) in [7, 11) is 0. The van der Waals surface area contributed by atoms with Crippen molar-refractivity contribution in [2.45, 2.75) is 39.9 Å². The summed E-state index contributed by atoms with van der Waals surface area (Å²) < 4.78 is 11.6. The van der Waals surface area contributed by atoms with Crippen molar-refractivity contribution in [3.05, 3.63) is 47.3 Å². The van der Waals surface area contributed by atoms with Crippen LogP contribution >= 0.6 is 0 Å². The topological polar surface area (TPSA) is 48.4 Å². The van der Waals surface area contributed by atoms with Gasteiger partial charge in [0.25, 0.3) is 0 Å². The first-order valence-electron chi connectivity index (χ1n) is 7.50. The van der Waals surface area contributed by atoms with Crippen molar-refractivity contribution in [1.29, 1.82) is 0 Å². The number of aromatic nitrogens is 1. The van der Waals surface area contributed by atoms with E-state index in [0.717, 1.165) is 10.9 Å². The summed E-state index contributed by atoms with van der Waals surface area (Å²) in [5.74, 6) is 0.563.